The van der Waals surface area contributed by atoms with Crippen LogP contribution in [0, 0.1) is 5.92 Å². The van der Waals surface area contributed by atoms with Crippen molar-refractivity contribution in [3.8, 4) is 0 Å². The molecular weight excluding hydrogens is 148 g/mol. The quantitative estimate of drug-likeness (QED) is 0.617. The second-order valence-corrected chi connectivity index (χ2v) is 3.61. The first-order valence-corrected chi connectivity index (χ1v) is 4.56. The van der Waals surface area contributed by atoms with Crippen LogP contribution in [0.25, 0.3) is 5.57 Å². The highest BCUT2D eigenvalue weighted by molar-refractivity contribution is 5.69. The van der Waals surface area contributed by atoms with Gasteiger partial charge in [-0.1, -0.05) is 19.9 Å². The molecule has 0 bridgehead atoms. The highest BCUT2D eigenvalue weighted by atomic mass is 16.3. The third kappa shape index (κ3) is 1.09. The minimum Gasteiger partial charge on any atom is -0.469 e. The molecule has 0 atom stereocenters. The molecule has 2 rings (SSSR count). The number of hydrogen-bond acceptors (Lipinski definition) is 1. The van der Waals surface area contributed by atoms with E-state index < -0.39 is 0 Å². The van der Waals surface area contributed by atoms with Crippen LogP contribution in [0.15, 0.2) is 22.8 Å². The number of aryl methyl sites for hydroxylation is 1. The van der Waals surface area contributed by atoms with Gasteiger partial charge in [0.05, 0.1) is 6.26 Å². The highest BCUT2D eigenvalue weighted by Gasteiger charge is 2.16. The fourth-order valence-corrected chi connectivity index (χ4v) is 1.81. The van der Waals surface area contributed by atoms with Crippen LogP contribution in [-0.2, 0) is 6.42 Å². The molecule has 0 aromatic carbocycles. The summed E-state index contributed by atoms with van der Waals surface area (Å²) in [5, 5.41) is 0. The van der Waals surface area contributed by atoms with Gasteiger partial charge in [0.15, 0.2) is 0 Å². The second-order valence-electron chi connectivity index (χ2n) is 3.61. The first-order chi connectivity index (χ1) is 5.79. The van der Waals surface area contributed by atoms with Crippen molar-refractivity contribution in [1.82, 2.24) is 0 Å². The lowest BCUT2D eigenvalue weighted by Gasteiger charge is -2.15. The van der Waals surface area contributed by atoms with Gasteiger partial charge in [0, 0.05) is 12.0 Å². The molecule has 1 aliphatic rings. The van der Waals surface area contributed by atoms with Gasteiger partial charge in [0.1, 0.15) is 5.76 Å². The van der Waals surface area contributed by atoms with Crippen LogP contribution in [0.4, 0.5) is 0 Å². The van der Waals surface area contributed by atoms with Crippen LogP contribution in [0.2, 0.25) is 0 Å². The number of hydrogen-bond donors (Lipinski definition) is 0. The molecule has 0 saturated heterocycles. The van der Waals surface area contributed by atoms with Gasteiger partial charge in [-0.25, -0.2) is 0 Å². The molecule has 0 amide bonds. The zero-order valence-electron chi connectivity index (χ0n) is 7.63. The van der Waals surface area contributed by atoms with Crippen molar-refractivity contribution in [3.05, 3.63) is 29.7 Å². The Bertz CT molecular complexity index is 305. The molecule has 0 saturated carbocycles. The largest absolute Gasteiger partial charge is 0.469 e. The molecule has 0 radical (unpaired) electrons. The molecule has 1 nitrogen and oxygen atoms in total. The first-order valence-electron chi connectivity index (χ1n) is 4.56. The summed E-state index contributed by atoms with van der Waals surface area (Å²) in [6.07, 6.45) is 6.33. The van der Waals surface area contributed by atoms with Gasteiger partial charge in [0.25, 0.3) is 0 Å². The Balaban J connectivity index is 2.43. The monoisotopic (exact) mass is 162 g/mol. The Morgan fingerprint density at radius 2 is 2.25 bits per heavy atom. The van der Waals surface area contributed by atoms with Gasteiger partial charge >= 0.3 is 0 Å². The topological polar surface area (TPSA) is 13.1 Å². The van der Waals surface area contributed by atoms with Gasteiger partial charge in [-0.2, -0.15) is 0 Å². The number of allylic oxidation sites excluding steroid dienone is 2. The van der Waals surface area contributed by atoms with E-state index in [2.05, 4.69) is 26.0 Å². The van der Waals surface area contributed by atoms with Crippen molar-refractivity contribution in [3.63, 3.8) is 0 Å². The first kappa shape index (κ1) is 7.66. The summed E-state index contributed by atoms with van der Waals surface area (Å²) in [5.41, 5.74) is 2.78. The summed E-state index contributed by atoms with van der Waals surface area (Å²) in [6.45, 7) is 4.46. The van der Waals surface area contributed by atoms with Crippen molar-refractivity contribution in [1.29, 1.82) is 0 Å². The smallest absolute Gasteiger partial charge is 0.111 e. The molecule has 1 aromatic rings. The lowest BCUT2D eigenvalue weighted by molar-refractivity contribution is 0.505. The standard InChI is InChI=1S/C11H14O/c1-8(2)9-4-3-5-11-10(9)6-7-12-11/h4,6-8H,3,5H2,1-2H3. The molecule has 0 spiro atoms. The summed E-state index contributed by atoms with van der Waals surface area (Å²) >= 11 is 0. The fourth-order valence-electron chi connectivity index (χ4n) is 1.81. The van der Waals surface area contributed by atoms with E-state index in [1.165, 1.54) is 16.9 Å². The Kier molecular flexibility index (Phi) is 1.80. The molecule has 0 N–H and O–H groups in total. The van der Waals surface area contributed by atoms with Crippen LogP contribution < -0.4 is 0 Å². The van der Waals surface area contributed by atoms with E-state index in [4.69, 9.17) is 4.42 Å². The zero-order valence-corrected chi connectivity index (χ0v) is 7.63. The summed E-state index contributed by atoms with van der Waals surface area (Å²) in [6, 6.07) is 2.08. The van der Waals surface area contributed by atoms with Crippen LogP contribution in [0.3, 0.4) is 0 Å². The maximum atomic E-state index is 5.40. The van der Waals surface area contributed by atoms with E-state index in [0.717, 1.165) is 12.8 Å². The van der Waals surface area contributed by atoms with E-state index in [9.17, 15) is 0 Å². The minimum atomic E-state index is 0.613. The molecule has 12 heavy (non-hydrogen) atoms. The molecule has 1 aliphatic carbocycles. The molecule has 0 aliphatic heterocycles. The summed E-state index contributed by atoms with van der Waals surface area (Å²) < 4.78 is 5.40. The SMILES string of the molecule is CC(C)C1=CCCc2occc21. The zero-order chi connectivity index (χ0) is 8.55. The van der Waals surface area contributed by atoms with Crippen LogP contribution >= 0.6 is 0 Å². The molecule has 1 aromatic heterocycles. The van der Waals surface area contributed by atoms with Gasteiger partial charge in [-0.05, 0) is 24.0 Å². The maximum absolute atomic E-state index is 5.40. The van der Waals surface area contributed by atoms with Crippen molar-refractivity contribution in [2.45, 2.75) is 26.7 Å². The van der Waals surface area contributed by atoms with E-state index in [1.807, 2.05) is 0 Å². The molecule has 1 heterocycles. The van der Waals surface area contributed by atoms with Crippen LogP contribution in [0.5, 0.6) is 0 Å². The second kappa shape index (κ2) is 2.81. The molecular formula is C11H14O. The fraction of sp³-hybridized carbons (Fsp3) is 0.455. The molecule has 64 valence electrons. The highest BCUT2D eigenvalue weighted by Crippen LogP contribution is 2.31. The van der Waals surface area contributed by atoms with Crippen LogP contribution in [-0.4, -0.2) is 0 Å². The van der Waals surface area contributed by atoms with Crippen LogP contribution in [0.1, 0.15) is 31.6 Å². The molecule has 0 unspecified atom stereocenters. The van der Waals surface area contributed by atoms with E-state index in [0.29, 0.717) is 5.92 Å². The Hall–Kier alpha value is -0.980. The predicted octanol–water partition coefficient (Wildman–Crippen LogP) is 3.27. The van der Waals surface area contributed by atoms with E-state index in [-0.39, 0.29) is 0 Å². The molecule has 1 heteroatoms. The van der Waals surface area contributed by atoms with Gasteiger partial charge in [-0.3, -0.25) is 0 Å². The maximum Gasteiger partial charge on any atom is 0.111 e. The van der Waals surface area contributed by atoms with E-state index >= 15 is 0 Å². The number of rotatable bonds is 1. The van der Waals surface area contributed by atoms with Crippen molar-refractivity contribution in [2.75, 3.05) is 0 Å². The molecule has 0 fully saturated rings. The predicted molar refractivity (Wildman–Crippen MR) is 49.8 cm³/mol. The number of furan rings is 1. The summed E-state index contributed by atoms with van der Waals surface area (Å²) in [7, 11) is 0. The van der Waals surface area contributed by atoms with Gasteiger partial charge in [0.2, 0.25) is 0 Å². The third-order valence-electron chi connectivity index (χ3n) is 2.41. The summed E-state index contributed by atoms with van der Waals surface area (Å²) in [5.74, 6) is 1.78. The van der Waals surface area contributed by atoms with Crippen molar-refractivity contribution < 1.29 is 4.42 Å². The average molecular weight is 162 g/mol. The van der Waals surface area contributed by atoms with Gasteiger partial charge < -0.3 is 4.42 Å². The number of fused-ring (bicyclic) bond motifs is 1. The lowest BCUT2D eigenvalue weighted by Crippen LogP contribution is -2.00. The van der Waals surface area contributed by atoms with Crippen molar-refractivity contribution >= 4 is 5.57 Å². The Labute approximate surface area is 73.1 Å². The van der Waals surface area contributed by atoms with E-state index in [1.54, 1.807) is 6.26 Å². The van der Waals surface area contributed by atoms with Crippen molar-refractivity contribution in [2.24, 2.45) is 5.92 Å². The lowest BCUT2D eigenvalue weighted by atomic mass is 9.90. The normalized spacial score (nSPS) is 16.1. The Morgan fingerprint density at radius 3 is 3.00 bits per heavy atom. The Morgan fingerprint density at radius 1 is 1.42 bits per heavy atom. The average Bonchev–Trinajstić information content (AvgIpc) is 2.49. The summed E-state index contributed by atoms with van der Waals surface area (Å²) in [4.78, 5) is 0. The third-order valence-corrected chi connectivity index (χ3v) is 2.41. The minimum absolute atomic E-state index is 0.613. The van der Waals surface area contributed by atoms with Gasteiger partial charge in [-0.15, -0.1) is 0 Å².